The molecule has 1 fully saturated rings. The van der Waals surface area contributed by atoms with Gasteiger partial charge in [0.05, 0.1) is 20.1 Å². The number of halogens is 1. The van der Waals surface area contributed by atoms with Crippen molar-refractivity contribution in [3.05, 3.63) is 53.4 Å². The maximum Gasteiger partial charge on any atom is 0.232 e. The molecule has 0 bridgehead atoms. The van der Waals surface area contributed by atoms with E-state index in [0.29, 0.717) is 41.2 Å². The first kappa shape index (κ1) is 18.3. The van der Waals surface area contributed by atoms with Gasteiger partial charge in [-0.05, 0) is 36.4 Å². The van der Waals surface area contributed by atoms with Crippen LogP contribution < -0.4 is 14.4 Å². The minimum Gasteiger partial charge on any atom is -0.493 e. The summed E-state index contributed by atoms with van der Waals surface area (Å²) in [4.78, 5) is 18.7. The standard InChI is InChI=1S/C20H18ClN3O4/c1-26-16-8-7-15(10-17(16)27-2)24-11-13(9-18(24)25)20-22-19(23-28-20)12-3-5-14(21)6-4-12/h3-8,10,13H,9,11H2,1-2H3/t13-/m0/s1. The zero-order valence-corrected chi connectivity index (χ0v) is 16.1. The smallest absolute Gasteiger partial charge is 0.232 e. The molecule has 8 heteroatoms. The van der Waals surface area contributed by atoms with Crippen LogP contribution in [0.25, 0.3) is 11.4 Å². The first-order chi connectivity index (χ1) is 13.6. The van der Waals surface area contributed by atoms with Gasteiger partial charge in [-0.15, -0.1) is 0 Å². The van der Waals surface area contributed by atoms with Gasteiger partial charge in [0, 0.05) is 35.3 Å². The van der Waals surface area contributed by atoms with Crippen LogP contribution in [-0.2, 0) is 4.79 Å². The first-order valence-corrected chi connectivity index (χ1v) is 9.08. The third-order valence-electron chi connectivity index (χ3n) is 4.70. The Kier molecular flexibility index (Phi) is 4.92. The summed E-state index contributed by atoms with van der Waals surface area (Å²) in [6.07, 6.45) is 0.302. The van der Waals surface area contributed by atoms with Crippen molar-refractivity contribution in [3.8, 4) is 22.9 Å². The van der Waals surface area contributed by atoms with E-state index in [-0.39, 0.29) is 11.8 Å². The van der Waals surface area contributed by atoms with E-state index in [9.17, 15) is 4.79 Å². The van der Waals surface area contributed by atoms with E-state index < -0.39 is 0 Å². The SMILES string of the molecule is COc1ccc(N2C[C@@H](c3nc(-c4ccc(Cl)cc4)no3)CC2=O)cc1OC. The largest absolute Gasteiger partial charge is 0.493 e. The van der Waals surface area contributed by atoms with Crippen molar-refractivity contribution < 1.29 is 18.8 Å². The number of nitrogens with zero attached hydrogens (tertiary/aromatic N) is 3. The molecule has 1 aliphatic heterocycles. The third kappa shape index (κ3) is 3.41. The highest BCUT2D eigenvalue weighted by molar-refractivity contribution is 6.30. The second kappa shape index (κ2) is 7.52. The molecule has 1 saturated heterocycles. The Bertz CT molecular complexity index is 1000. The van der Waals surface area contributed by atoms with E-state index >= 15 is 0 Å². The van der Waals surface area contributed by atoms with Crippen molar-refractivity contribution in [2.45, 2.75) is 12.3 Å². The van der Waals surface area contributed by atoms with Gasteiger partial charge in [0.25, 0.3) is 0 Å². The van der Waals surface area contributed by atoms with Gasteiger partial charge >= 0.3 is 0 Å². The van der Waals surface area contributed by atoms with Crippen LogP contribution in [0.15, 0.2) is 47.0 Å². The normalized spacial score (nSPS) is 16.5. The summed E-state index contributed by atoms with van der Waals surface area (Å²) >= 11 is 5.91. The maximum atomic E-state index is 12.6. The van der Waals surface area contributed by atoms with E-state index in [1.165, 1.54) is 0 Å². The Hall–Kier alpha value is -3.06. The lowest BCUT2D eigenvalue weighted by atomic mass is 10.1. The highest BCUT2D eigenvalue weighted by atomic mass is 35.5. The quantitative estimate of drug-likeness (QED) is 0.647. The molecule has 0 unspecified atom stereocenters. The molecule has 2 aromatic carbocycles. The Morgan fingerprint density at radius 2 is 1.86 bits per heavy atom. The number of hydrogen-bond acceptors (Lipinski definition) is 6. The minimum absolute atomic E-state index is 0.0107. The Labute approximate surface area is 166 Å². The summed E-state index contributed by atoms with van der Waals surface area (Å²) < 4.78 is 16.0. The van der Waals surface area contributed by atoms with Crippen LogP contribution in [-0.4, -0.2) is 36.8 Å². The molecule has 1 aromatic heterocycles. The number of ether oxygens (including phenoxy) is 2. The van der Waals surface area contributed by atoms with Crippen molar-refractivity contribution in [1.29, 1.82) is 0 Å². The van der Waals surface area contributed by atoms with Crippen LogP contribution in [0.4, 0.5) is 5.69 Å². The monoisotopic (exact) mass is 399 g/mol. The Balaban J connectivity index is 1.55. The fourth-order valence-electron chi connectivity index (χ4n) is 3.23. The van der Waals surface area contributed by atoms with Crippen LogP contribution in [0, 0.1) is 0 Å². The summed E-state index contributed by atoms with van der Waals surface area (Å²) in [5, 5.41) is 4.68. The number of methoxy groups -OCH3 is 2. The molecule has 7 nitrogen and oxygen atoms in total. The summed E-state index contributed by atoms with van der Waals surface area (Å²) in [5.41, 5.74) is 1.54. The predicted molar refractivity (Wildman–Crippen MR) is 104 cm³/mol. The Morgan fingerprint density at radius 3 is 2.57 bits per heavy atom. The second-order valence-corrected chi connectivity index (χ2v) is 6.84. The van der Waals surface area contributed by atoms with E-state index in [1.807, 2.05) is 18.2 Å². The lowest BCUT2D eigenvalue weighted by Crippen LogP contribution is -2.24. The zero-order valence-electron chi connectivity index (χ0n) is 15.4. The van der Waals surface area contributed by atoms with Crippen LogP contribution in [0.2, 0.25) is 5.02 Å². The number of amides is 1. The fraction of sp³-hybridized carbons (Fsp3) is 0.250. The molecular weight excluding hydrogens is 382 g/mol. The number of hydrogen-bond donors (Lipinski definition) is 0. The third-order valence-corrected chi connectivity index (χ3v) is 4.95. The summed E-state index contributed by atoms with van der Waals surface area (Å²) in [6, 6.07) is 12.6. The molecule has 1 aliphatic rings. The van der Waals surface area contributed by atoms with Gasteiger partial charge in [0.1, 0.15) is 0 Å². The van der Waals surface area contributed by atoms with Gasteiger partial charge in [0.2, 0.25) is 17.6 Å². The van der Waals surface area contributed by atoms with Gasteiger partial charge in [-0.2, -0.15) is 4.98 Å². The summed E-state index contributed by atoms with van der Waals surface area (Å²) in [5.74, 6) is 1.92. The molecule has 2 heterocycles. The zero-order chi connectivity index (χ0) is 19.7. The average molecular weight is 400 g/mol. The number of rotatable bonds is 5. The number of anilines is 1. The van der Waals surface area contributed by atoms with Crippen LogP contribution in [0.1, 0.15) is 18.2 Å². The molecule has 0 aliphatic carbocycles. The molecule has 0 saturated carbocycles. The number of aromatic nitrogens is 2. The van der Waals surface area contributed by atoms with Gasteiger partial charge < -0.3 is 18.9 Å². The van der Waals surface area contributed by atoms with Crippen LogP contribution >= 0.6 is 11.6 Å². The second-order valence-electron chi connectivity index (χ2n) is 6.41. The first-order valence-electron chi connectivity index (χ1n) is 8.71. The molecule has 0 N–H and O–H groups in total. The van der Waals surface area contributed by atoms with Crippen molar-refractivity contribution >= 4 is 23.2 Å². The molecule has 4 rings (SSSR count). The average Bonchev–Trinajstić information content (AvgIpc) is 3.35. The molecule has 144 valence electrons. The highest BCUT2D eigenvalue weighted by Crippen LogP contribution is 2.36. The predicted octanol–water partition coefficient (Wildman–Crippen LogP) is 3.93. The maximum absolute atomic E-state index is 12.6. The molecule has 0 spiro atoms. The number of benzene rings is 2. The number of carbonyl (C=O) groups is 1. The van der Waals surface area contributed by atoms with Crippen molar-refractivity contribution in [2.24, 2.45) is 0 Å². The van der Waals surface area contributed by atoms with Gasteiger partial charge in [0.15, 0.2) is 11.5 Å². The van der Waals surface area contributed by atoms with Crippen LogP contribution in [0.3, 0.4) is 0 Å². The van der Waals surface area contributed by atoms with Crippen molar-refractivity contribution in [2.75, 3.05) is 25.7 Å². The Morgan fingerprint density at radius 1 is 1.11 bits per heavy atom. The molecule has 1 atom stereocenters. The summed E-state index contributed by atoms with van der Waals surface area (Å²) in [6.45, 7) is 0.455. The molecule has 3 aromatic rings. The lowest BCUT2D eigenvalue weighted by molar-refractivity contribution is -0.117. The molecule has 0 radical (unpaired) electrons. The number of carbonyl (C=O) groups excluding carboxylic acids is 1. The van der Waals surface area contributed by atoms with E-state index in [1.54, 1.807) is 43.4 Å². The van der Waals surface area contributed by atoms with Gasteiger partial charge in [-0.1, -0.05) is 16.8 Å². The summed E-state index contributed by atoms with van der Waals surface area (Å²) in [7, 11) is 3.13. The molecular formula is C20H18ClN3O4. The van der Waals surface area contributed by atoms with Crippen molar-refractivity contribution in [3.63, 3.8) is 0 Å². The van der Waals surface area contributed by atoms with Gasteiger partial charge in [-0.3, -0.25) is 4.79 Å². The molecule has 1 amide bonds. The van der Waals surface area contributed by atoms with E-state index in [4.69, 9.17) is 25.6 Å². The molecule has 28 heavy (non-hydrogen) atoms. The topological polar surface area (TPSA) is 77.7 Å². The minimum atomic E-state index is -0.172. The van der Waals surface area contributed by atoms with Crippen LogP contribution in [0.5, 0.6) is 11.5 Å². The van der Waals surface area contributed by atoms with E-state index in [0.717, 1.165) is 11.3 Å². The highest BCUT2D eigenvalue weighted by Gasteiger charge is 2.35. The lowest BCUT2D eigenvalue weighted by Gasteiger charge is -2.18. The van der Waals surface area contributed by atoms with Gasteiger partial charge in [-0.25, -0.2) is 0 Å². The van der Waals surface area contributed by atoms with Crippen molar-refractivity contribution in [1.82, 2.24) is 10.1 Å². The fourth-order valence-corrected chi connectivity index (χ4v) is 3.36. The van der Waals surface area contributed by atoms with E-state index in [2.05, 4.69) is 10.1 Å².